The predicted octanol–water partition coefficient (Wildman–Crippen LogP) is 0.623. The summed E-state index contributed by atoms with van der Waals surface area (Å²) < 4.78 is 1.81. The first-order valence-electron chi connectivity index (χ1n) is 4.79. The number of rotatable bonds is 3. The highest BCUT2D eigenvalue weighted by molar-refractivity contribution is 9.10. The Labute approximate surface area is 102 Å². The van der Waals surface area contributed by atoms with Crippen molar-refractivity contribution >= 4 is 27.5 Å². The normalized spacial score (nSPS) is 12.4. The molecule has 0 aliphatic rings. The van der Waals surface area contributed by atoms with Gasteiger partial charge in [-0.15, -0.1) is 0 Å². The highest BCUT2D eigenvalue weighted by Gasteiger charge is 2.13. The van der Waals surface area contributed by atoms with Gasteiger partial charge in [0.15, 0.2) is 0 Å². The molecule has 1 aromatic rings. The number of nitrogens with two attached hydrogens (primary N) is 2. The second-order valence-corrected chi connectivity index (χ2v) is 4.58. The Kier molecular flexibility index (Phi) is 3.74. The van der Waals surface area contributed by atoms with Crippen LogP contribution in [0.1, 0.15) is 12.5 Å². The van der Waals surface area contributed by atoms with Gasteiger partial charge in [0.2, 0.25) is 5.91 Å². The van der Waals surface area contributed by atoms with Crippen LogP contribution in [0.5, 0.6) is 0 Å². The Morgan fingerprint density at radius 2 is 2.19 bits per heavy atom. The fraction of sp³-hybridized carbons (Fsp3) is 0.400. The SMILES string of the molecule is Cc1c(N)cn(CC(C)C(N)=O)c(=O)c1Br. The number of anilines is 1. The molecule has 5 nitrogen and oxygen atoms in total. The third-order valence-corrected chi connectivity index (χ3v) is 3.40. The second-order valence-electron chi connectivity index (χ2n) is 3.78. The van der Waals surface area contributed by atoms with Gasteiger partial charge in [-0.1, -0.05) is 6.92 Å². The van der Waals surface area contributed by atoms with Crippen LogP contribution in [0.25, 0.3) is 0 Å². The molecule has 88 valence electrons. The lowest BCUT2D eigenvalue weighted by atomic mass is 10.1. The van der Waals surface area contributed by atoms with E-state index in [0.717, 1.165) is 0 Å². The lowest BCUT2D eigenvalue weighted by Crippen LogP contribution is -2.30. The van der Waals surface area contributed by atoms with E-state index in [2.05, 4.69) is 15.9 Å². The Hall–Kier alpha value is -1.30. The number of nitrogens with zero attached hydrogens (tertiary/aromatic N) is 1. The topological polar surface area (TPSA) is 91.1 Å². The van der Waals surface area contributed by atoms with E-state index in [1.165, 1.54) is 10.8 Å². The molecule has 6 heteroatoms. The van der Waals surface area contributed by atoms with Gasteiger partial charge in [-0.2, -0.15) is 0 Å². The van der Waals surface area contributed by atoms with Gasteiger partial charge in [-0.25, -0.2) is 0 Å². The minimum atomic E-state index is -0.442. The van der Waals surface area contributed by atoms with Crippen LogP contribution in [0.3, 0.4) is 0 Å². The number of carbonyl (C=O) groups excluding carboxylic acids is 1. The summed E-state index contributed by atoms with van der Waals surface area (Å²) in [6, 6.07) is 0. The molecule has 0 aromatic carbocycles. The van der Waals surface area contributed by atoms with E-state index >= 15 is 0 Å². The average molecular weight is 288 g/mol. The van der Waals surface area contributed by atoms with Crippen molar-refractivity contribution in [2.75, 3.05) is 5.73 Å². The molecular weight excluding hydrogens is 274 g/mol. The summed E-state index contributed by atoms with van der Waals surface area (Å²) in [4.78, 5) is 22.7. The summed E-state index contributed by atoms with van der Waals surface area (Å²) in [5.41, 5.74) is 11.9. The average Bonchev–Trinajstić information content (AvgIpc) is 2.22. The molecule has 0 saturated heterocycles. The Morgan fingerprint density at radius 1 is 1.62 bits per heavy atom. The zero-order valence-electron chi connectivity index (χ0n) is 9.16. The summed E-state index contributed by atoms with van der Waals surface area (Å²) in [6.45, 7) is 3.65. The first kappa shape index (κ1) is 12.8. The lowest BCUT2D eigenvalue weighted by Gasteiger charge is -2.13. The molecule has 0 saturated carbocycles. The van der Waals surface area contributed by atoms with E-state index in [1.54, 1.807) is 13.8 Å². The number of pyridine rings is 1. The third kappa shape index (κ3) is 2.44. The summed E-state index contributed by atoms with van der Waals surface area (Å²) in [7, 11) is 0. The number of carbonyl (C=O) groups is 1. The molecule has 1 amide bonds. The molecule has 0 aliphatic heterocycles. The van der Waals surface area contributed by atoms with Crippen molar-refractivity contribution in [3.8, 4) is 0 Å². The molecule has 16 heavy (non-hydrogen) atoms. The Morgan fingerprint density at radius 3 is 2.69 bits per heavy atom. The third-order valence-electron chi connectivity index (χ3n) is 2.46. The maximum Gasteiger partial charge on any atom is 0.265 e. The van der Waals surface area contributed by atoms with Crippen LogP contribution in [-0.2, 0) is 11.3 Å². The molecule has 1 atom stereocenters. The van der Waals surface area contributed by atoms with Crippen molar-refractivity contribution in [3.05, 3.63) is 26.6 Å². The molecule has 4 N–H and O–H groups in total. The number of amides is 1. The van der Waals surface area contributed by atoms with Crippen LogP contribution in [0.4, 0.5) is 5.69 Å². The van der Waals surface area contributed by atoms with Crippen molar-refractivity contribution < 1.29 is 4.79 Å². The zero-order chi connectivity index (χ0) is 12.5. The van der Waals surface area contributed by atoms with Crippen LogP contribution in [0, 0.1) is 12.8 Å². The van der Waals surface area contributed by atoms with E-state index in [-0.39, 0.29) is 12.1 Å². The van der Waals surface area contributed by atoms with Gasteiger partial charge in [0, 0.05) is 12.7 Å². The summed E-state index contributed by atoms with van der Waals surface area (Å²) in [6.07, 6.45) is 1.53. The maximum absolute atomic E-state index is 11.8. The summed E-state index contributed by atoms with van der Waals surface area (Å²) >= 11 is 3.18. The van der Waals surface area contributed by atoms with Gasteiger partial charge in [0.25, 0.3) is 5.56 Å². The van der Waals surface area contributed by atoms with Crippen LogP contribution < -0.4 is 17.0 Å². The van der Waals surface area contributed by atoms with E-state index in [9.17, 15) is 9.59 Å². The smallest absolute Gasteiger partial charge is 0.265 e. The van der Waals surface area contributed by atoms with Crippen molar-refractivity contribution in [2.24, 2.45) is 11.7 Å². The Balaban J connectivity index is 3.17. The van der Waals surface area contributed by atoms with Gasteiger partial charge in [-0.3, -0.25) is 9.59 Å². The minimum absolute atomic E-state index is 0.209. The number of hydrogen-bond donors (Lipinski definition) is 2. The van der Waals surface area contributed by atoms with E-state index < -0.39 is 11.8 Å². The number of primary amides is 1. The van der Waals surface area contributed by atoms with Crippen molar-refractivity contribution in [3.63, 3.8) is 0 Å². The largest absolute Gasteiger partial charge is 0.397 e. The molecule has 1 unspecified atom stereocenters. The molecule has 0 radical (unpaired) electrons. The van der Waals surface area contributed by atoms with Crippen LogP contribution >= 0.6 is 15.9 Å². The number of aromatic nitrogens is 1. The number of halogens is 1. The maximum atomic E-state index is 11.8. The van der Waals surface area contributed by atoms with E-state index in [0.29, 0.717) is 15.7 Å². The fourth-order valence-electron chi connectivity index (χ4n) is 1.26. The molecular formula is C10H14BrN3O2. The first-order chi connectivity index (χ1) is 7.34. The number of nitrogen functional groups attached to an aromatic ring is 1. The summed E-state index contributed by atoms with van der Waals surface area (Å²) in [5.74, 6) is -0.853. The van der Waals surface area contributed by atoms with Crippen molar-refractivity contribution in [1.29, 1.82) is 0 Å². The molecule has 0 bridgehead atoms. The van der Waals surface area contributed by atoms with Gasteiger partial charge in [0.05, 0.1) is 16.1 Å². The van der Waals surface area contributed by atoms with Gasteiger partial charge in [-0.05, 0) is 28.4 Å². The van der Waals surface area contributed by atoms with Crippen LogP contribution in [0.2, 0.25) is 0 Å². The van der Waals surface area contributed by atoms with E-state index in [4.69, 9.17) is 11.5 Å². The van der Waals surface area contributed by atoms with Crippen molar-refractivity contribution in [1.82, 2.24) is 4.57 Å². The molecule has 0 aliphatic carbocycles. The number of hydrogen-bond acceptors (Lipinski definition) is 3. The first-order valence-corrected chi connectivity index (χ1v) is 5.58. The van der Waals surface area contributed by atoms with Gasteiger partial charge < -0.3 is 16.0 Å². The highest BCUT2D eigenvalue weighted by Crippen LogP contribution is 2.17. The van der Waals surface area contributed by atoms with Gasteiger partial charge in [0.1, 0.15) is 0 Å². The molecule has 1 heterocycles. The van der Waals surface area contributed by atoms with Gasteiger partial charge >= 0.3 is 0 Å². The highest BCUT2D eigenvalue weighted by atomic mass is 79.9. The van der Waals surface area contributed by atoms with Crippen LogP contribution in [0.15, 0.2) is 15.5 Å². The summed E-state index contributed by atoms with van der Waals surface area (Å²) in [5, 5.41) is 0. The molecule has 1 aromatic heterocycles. The molecule has 0 fully saturated rings. The fourth-order valence-corrected chi connectivity index (χ4v) is 1.71. The predicted molar refractivity (Wildman–Crippen MR) is 65.9 cm³/mol. The second kappa shape index (κ2) is 4.69. The zero-order valence-corrected chi connectivity index (χ0v) is 10.7. The lowest BCUT2D eigenvalue weighted by molar-refractivity contribution is -0.121. The monoisotopic (exact) mass is 287 g/mol. The molecule has 1 rings (SSSR count). The van der Waals surface area contributed by atoms with Crippen molar-refractivity contribution in [2.45, 2.75) is 20.4 Å². The Bertz CT molecular complexity index is 482. The standard InChI is InChI=1S/C10H14BrN3O2/c1-5(9(13)15)3-14-4-7(12)6(2)8(11)10(14)16/h4-5H,3,12H2,1-2H3,(H2,13,15). The van der Waals surface area contributed by atoms with E-state index in [1.807, 2.05) is 0 Å². The van der Waals surface area contributed by atoms with Crippen LogP contribution in [-0.4, -0.2) is 10.5 Å². The minimum Gasteiger partial charge on any atom is -0.397 e. The molecule has 0 spiro atoms. The quantitative estimate of drug-likeness (QED) is 0.854.